The lowest BCUT2D eigenvalue weighted by atomic mass is 10.1. The molecule has 27 heavy (non-hydrogen) atoms. The molecule has 0 bridgehead atoms. The molecule has 1 heterocycles. The summed E-state index contributed by atoms with van der Waals surface area (Å²) >= 11 is 4.40. The molecule has 3 aromatic rings. The van der Waals surface area contributed by atoms with Gasteiger partial charge >= 0.3 is 0 Å². The van der Waals surface area contributed by atoms with Gasteiger partial charge in [0.15, 0.2) is 0 Å². The number of hydrogen-bond donors (Lipinski definition) is 2. The van der Waals surface area contributed by atoms with Gasteiger partial charge in [-0.05, 0) is 42.8 Å². The molecule has 2 aromatic carbocycles. The highest BCUT2D eigenvalue weighted by Gasteiger charge is 2.13. The van der Waals surface area contributed by atoms with Crippen molar-refractivity contribution in [1.29, 1.82) is 0 Å². The molecular weight excluding hydrogens is 364 g/mol. The van der Waals surface area contributed by atoms with Crippen molar-refractivity contribution in [3.05, 3.63) is 84.1 Å². The van der Waals surface area contributed by atoms with E-state index in [1.807, 2.05) is 50.4 Å². The molecule has 1 aromatic heterocycles. The zero-order valence-electron chi connectivity index (χ0n) is 15.0. The summed E-state index contributed by atoms with van der Waals surface area (Å²) in [4.78, 5) is 0.804. The van der Waals surface area contributed by atoms with E-state index >= 15 is 0 Å². The van der Waals surface area contributed by atoms with E-state index < -0.39 is 11.6 Å². The highest BCUT2D eigenvalue weighted by Crippen LogP contribution is 2.27. The standard InChI is InChI=1S/C21H19F2N3S/c1-4-20(27)18-12-19(26(3)25-18)14-8-10-15(11-9-14)24-13(2)21-16(22)6-5-7-17(21)23/h4-12,24,27H,2H2,1,3H3/b20-4-. The van der Waals surface area contributed by atoms with Crippen LogP contribution in [0.15, 0.2) is 61.2 Å². The number of benzene rings is 2. The number of allylic oxidation sites excluding steroid dienone is 1. The Labute approximate surface area is 162 Å². The summed E-state index contributed by atoms with van der Waals surface area (Å²) in [6, 6.07) is 13.1. The maximum atomic E-state index is 13.9. The van der Waals surface area contributed by atoms with Gasteiger partial charge in [-0.3, -0.25) is 4.68 Å². The quantitative estimate of drug-likeness (QED) is 0.550. The number of hydrogen-bond acceptors (Lipinski definition) is 3. The Hall–Kier alpha value is -2.86. The summed E-state index contributed by atoms with van der Waals surface area (Å²) < 4.78 is 29.5. The highest BCUT2D eigenvalue weighted by molar-refractivity contribution is 7.90. The lowest BCUT2D eigenvalue weighted by Crippen LogP contribution is -2.02. The van der Waals surface area contributed by atoms with E-state index in [4.69, 9.17) is 0 Å². The normalized spacial score (nSPS) is 11.5. The molecule has 6 heteroatoms. The van der Waals surface area contributed by atoms with Crippen LogP contribution >= 0.6 is 12.6 Å². The van der Waals surface area contributed by atoms with Crippen LogP contribution in [-0.2, 0) is 7.05 Å². The first-order chi connectivity index (χ1) is 12.9. The summed E-state index contributed by atoms with van der Waals surface area (Å²) in [5, 5.41) is 7.39. The van der Waals surface area contributed by atoms with Crippen LogP contribution in [0.5, 0.6) is 0 Å². The molecule has 138 valence electrons. The van der Waals surface area contributed by atoms with Crippen LogP contribution in [0.3, 0.4) is 0 Å². The van der Waals surface area contributed by atoms with Gasteiger partial charge in [0.1, 0.15) is 11.6 Å². The van der Waals surface area contributed by atoms with Gasteiger partial charge in [-0.15, -0.1) is 12.6 Å². The topological polar surface area (TPSA) is 29.9 Å². The maximum Gasteiger partial charge on any atom is 0.135 e. The molecule has 1 N–H and O–H groups in total. The van der Waals surface area contributed by atoms with Crippen LogP contribution in [-0.4, -0.2) is 9.78 Å². The summed E-state index contributed by atoms with van der Waals surface area (Å²) in [6.07, 6.45) is 1.88. The first-order valence-electron chi connectivity index (χ1n) is 8.31. The van der Waals surface area contributed by atoms with Gasteiger partial charge in [-0.25, -0.2) is 8.78 Å². The molecule has 0 saturated carbocycles. The van der Waals surface area contributed by atoms with E-state index in [1.165, 1.54) is 18.2 Å². The van der Waals surface area contributed by atoms with E-state index in [1.54, 1.807) is 4.68 Å². The molecule has 0 fully saturated rings. The molecule has 0 aliphatic heterocycles. The van der Waals surface area contributed by atoms with Crippen LogP contribution in [0.1, 0.15) is 18.2 Å². The number of nitrogens with one attached hydrogen (secondary N) is 1. The fourth-order valence-electron chi connectivity index (χ4n) is 2.76. The number of rotatable bonds is 5. The molecule has 0 atom stereocenters. The SMILES string of the molecule is C=C(Nc1ccc(-c2cc(/C(S)=C/C)nn2C)cc1)c1c(F)cccc1F. The van der Waals surface area contributed by atoms with Crippen LogP contribution in [0.4, 0.5) is 14.5 Å². The Morgan fingerprint density at radius 2 is 1.78 bits per heavy atom. The van der Waals surface area contributed by atoms with Crippen molar-refractivity contribution in [2.75, 3.05) is 5.32 Å². The van der Waals surface area contributed by atoms with Crippen molar-refractivity contribution >= 4 is 28.9 Å². The van der Waals surface area contributed by atoms with Crippen molar-refractivity contribution in [3.63, 3.8) is 0 Å². The first-order valence-corrected chi connectivity index (χ1v) is 8.76. The fraction of sp³-hybridized carbons (Fsp3) is 0.0952. The van der Waals surface area contributed by atoms with E-state index in [9.17, 15) is 8.78 Å². The molecule has 0 aliphatic carbocycles. The predicted octanol–water partition coefficient (Wildman–Crippen LogP) is 5.74. The van der Waals surface area contributed by atoms with Gasteiger partial charge in [0, 0.05) is 23.3 Å². The lowest BCUT2D eigenvalue weighted by molar-refractivity contribution is 0.577. The molecule has 0 radical (unpaired) electrons. The Bertz CT molecular complexity index is 1000. The number of aromatic nitrogens is 2. The molecular formula is C21H19F2N3S. The Morgan fingerprint density at radius 3 is 2.37 bits per heavy atom. The van der Waals surface area contributed by atoms with Crippen molar-refractivity contribution in [3.8, 4) is 11.3 Å². The average Bonchev–Trinajstić information content (AvgIpc) is 3.03. The third-order valence-corrected chi connectivity index (χ3v) is 4.64. The van der Waals surface area contributed by atoms with Gasteiger partial charge in [0.2, 0.25) is 0 Å². The minimum atomic E-state index is -0.655. The number of halogens is 2. The number of thiol groups is 1. The Morgan fingerprint density at radius 1 is 1.15 bits per heavy atom. The van der Waals surface area contributed by atoms with Crippen molar-refractivity contribution in [2.45, 2.75) is 6.92 Å². The number of aryl methyl sites for hydroxylation is 1. The zero-order chi connectivity index (χ0) is 19.6. The third-order valence-electron chi connectivity index (χ3n) is 4.16. The van der Waals surface area contributed by atoms with Gasteiger partial charge < -0.3 is 5.32 Å². The molecule has 3 rings (SSSR count). The van der Waals surface area contributed by atoms with Crippen LogP contribution in [0.2, 0.25) is 0 Å². The summed E-state index contributed by atoms with van der Waals surface area (Å²) in [5.74, 6) is -1.31. The van der Waals surface area contributed by atoms with E-state index in [0.29, 0.717) is 5.69 Å². The number of nitrogens with zero attached hydrogens (tertiary/aromatic N) is 2. The molecule has 0 aliphatic rings. The second-order valence-corrected chi connectivity index (χ2v) is 6.47. The molecule has 0 unspecified atom stereocenters. The third kappa shape index (κ3) is 3.95. The zero-order valence-corrected chi connectivity index (χ0v) is 15.9. The predicted molar refractivity (Wildman–Crippen MR) is 110 cm³/mol. The van der Waals surface area contributed by atoms with Gasteiger partial charge in [-0.1, -0.05) is 30.9 Å². The fourth-order valence-corrected chi connectivity index (χ4v) is 2.87. The first kappa shape index (κ1) is 18.9. The van der Waals surface area contributed by atoms with Crippen molar-refractivity contribution in [1.82, 2.24) is 9.78 Å². The minimum absolute atomic E-state index is 0.161. The van der Waals surface area contributed by atoms with Crippen LogP contribution in [0, 0.1) is 11.6 Å². The Kier molecular flexibility index (Phi) is 5.46. The Balaban J connectivity index is 1.82. The second-order valence-electron chi connectivity index (χ2n) is 5.99. The minimum Gasteiger partial charge on any atom is -0.355 e. The highest BCUT2D eigenvalue weighted by atomic mass is 32.1. The average molecular weight is 383 g/mol. The number of anilines is 1. The molecule has 0 saturated heterocycles. The summed E-state index contributed by atoms with van der Waals surface area (Å²) in [5.41, 5.74) is 3.37. The van der Waals surface area contributed by atoms with Crippen LogP contribution in [0.25, 0.3) is 21.9 Å². The lowest BCUT2D eigenvalue weighted by Gasteiger charge is -2.12. The van der Waals surface area contributed by atoms with Crippen molar-refractivity contribution < 1.29 is 8.78 Å². The van der Waals surface area contributed by atoms with Crippen LogP contribution < -0.4 is 5.32 Å². The summed E-state index contributed by atoms with van der Waals surface area (Å²) in [7, 11) is 1.87. The molecule has 0 amide bonds. The maximum absolute atomic E-state index is 13.9. The summed E-state index contributed by atoms with van der Waals surface area (Å²) in [6.45, 7) is 5.65. The van der Waals surface area contributed by atoms with E-state index in [2.05, 4.69) is 29.6 Å². The van der Waals surface area contributed by atoms with Gasteiger partial charge in [0.05, 0.1) is 17.0 Å². The second kappa shape index (κ2) is 7.80. The van der Waals surface area contributed by atoms with E-state index in [-0.39, 0.29) is 11.3 Å². The smallest absolute Gasteiger partial charge is 0.135 e. The van der Waals surface area contributed by atoms with Gasteiger partial charge in [-0.2, -0.15) is 5.10 Å². The van der Waals surface area contributed by atoms with Crippen molar-refractivity contribution in [2.24, 2.45) is 7.05 Å². The monoisotopic (exact) mass is 383 g/mol. The van der Waals surface area contributed by atoms with E-state index in [0.717, 1.165) is 21.9 Å². The molecule has 3 nitrogen and oxygen atoms in total. The van der Waals surface area contributed by atoms with Gasteiger partial charge in [0.25, 0.3) is 0 Å². The molecule has 0 spiro atoms. The largest absolute Gasteiger partial charge is 0.355 e.